The molecule has 1 fully saturated rings. The maximum atomic E-state index is 10.5. The van der Waals surface area contributed by atoms with Crippen LogP contribution in [0.4, 0.5) is 0 Å². The quantitative estimate of drug-likeness (QED) is 0.624. The zero-order valence-electron chi connectivity index (χ0n) is 16.8. The van der Waals surface area contributed by atoms with E-state index in [1.54, 1.807) is 0 Å². The summed E-state index contributed by atoms with van der Waals surface area (Å²) < 4.78 is 11.2. The molecule has 5 nitrogen and oxygen atoms in total. The lowest BCUT2D eigenvalue weighted by Crippen LogP contribution is -2.43. The Morgan fingerprint density at radius 1 is 1.18 bits per heavy atom. The first-order valence-electron chi connectivity index (χ1n) is 10.1. The molecule has 0 radical (unpaired) electrons. The molecule has 2 heterocycles. The molecule has 6 heteroatoms. The van der Waals surface area contributed by atoms with Gasteiger partial charge in [0.1, 0.15) is 0 Å². The van der Waals surface area contributed by atoms with Crippen LogP contribution >= 0.6 is 11.3 Å². The van der Waals surface area contributed by atoms with Crippen molar-refractivity contribution in [3.05, 3.63) is 57.8 Å². The lowest BCUT2D eigenvalue weighted by atomic mass is 10.2. The minimum absolute atomic E-state index is 0.354. The summed E-state index contributed by atoms with van der Waals surface area (Å²) in [6.45, 7) is 10.1. The van der Waals surface area contributed by atoms with Crippen molar-refractivity contribution >= 4 is 11.3 Å². The molecular weight excluding hydrogens is 372 g/mol. The van der Waals surface area contributed by atoms with Crippen molar-refractivity contribution in [2.24, 2.45) is 0 Å². The van der Waals surface area contributed by atoms with Crippen LogP contribution in [0.2, 0.25) is 0 Å². The number of nitrogens with zero attached hydrogens (tertiary/aromatic N) is 2. The Kier molecular flexibility index (Phi) is 8.92. The van der Waals surface area contributed by atoms with Gasteiger partial charge in [-0.15, -0.1) is 11.3 Å². The van der Waals surface area contributed by atoms with Gasteiger partial charge >= 0.3 is 0 Å². The Hall–Kier alpha value is -1.28. The minimum Gasteiger partial charge on any atom is -0.389 e. The molecule has 0 spiro atoms. The van der Waals surface area contributed by atoms with Gasteiger partial charge in [-0.05, 0) is 24.6 Å². The Bertz CT molecular complexity index is 673. The van der Waals surface area contributed by atoms with Gasteiger partial charge in [-0.3, -0.25) is 9.80 Å². The molecule has 1 aliphatic heterocycles. The van der Waals surface area contributed by atoms with Crippen LogP contribution in [0.3, 0.4) is 0 Å². The van der Waals surface area contributed by atoms with Crippen LogP contribution in [0.5, 0.6) is 0 Å². The van der Waals surface area contributed by atoms with Gasteiger partial charge in [0.25, 0.3) is 0 Å². The predicted molar refractivity (Wildman–Crippen MR) is 114 cm³/mol. The first-order chi connectivity index (χ1) is 13.7. The Morgan fingerprint density at radius 2 is 1.96 bits per heavy atom. The highest BCUT2D eigenvalue weighted by molar-refractivity contribution is 7.11. The standard InChI is InChI=1S/C22H32N2O3S/c1-19-7-8-22(28-19)16-24(10-9-23-11-13-26-14-12-23)15-21(25)18-27-17-20-5-3-2-4-6-20/h2-8,21,25H,9-18H2,1H3/t21-/m1/s1. The van der Waals surface area contributed by atoms with Gasteiger partial charge in [0.05, 0.1) is 32.5 Å². The van der Waals surface area contributed by atoms with E-state index >= 15 is 0 Å². The number of benzene rings is 1. The van der Waals surface area contributed by atoms with Crippen LogP contribution in [-0.2, 0) is 22.6 Å². The van der Waals surface area contributed by atoms with Crippen molar-refractivity contribution in [1.29, 1.82) is 0 Å². The zero-order chi connectivity index (χ0) is 19.6. The summed E-state index contributed by atoms with van der Waals surface area (Å²) in [7, 11) is 0. The molecule has 1 atom stereocenters. The molecular formula is C22H32N2O3S. The largest absolute Gasteiger partial charge is 0.389 e. The van der Waals surface area contributed by atoms with Crippen LogP contribution in [-0.4, -0.2) is 73.6 Å². The van der Waals surface area contributed by atoms with Crippen LogP contribution in [0.1, 0.15) is 15.3 Å². The second kappa shape index (κ2) is 11.7. The second-order valence-corrected chi connectivity index (χ2v) is 8.73. The van der Waals surface area contributed by atoms with Crippen LogP contribution < -0.4 is 0 Å². The molecule has 3 rings (SSSR count). The summed E-state index contributed by atoms with van der Waals surface area (Å²) in [5.74, 6) is 0. The normalized spacial score (nSPS) is 16.5. The molecule has 2 aromatic rings. The van der Waals surface area contributed by atoms with Gasteiger partial charge in [-0.1, -0.05) is 30.3 Å². The predicted octanol–water partition coefficient (Wildman–Crippen LogP) is 2.77. The van der Waals surface area contributed by atoms with Crippen molar-refractivity contribution in [2.45, 2.75) is 26.2 Å². The fourth-order valence-corrected chi connectivity index (χ4v) is 4.30. The highest BCUT2D eigenvalue weighted by Gasteiger charge is 2.16. The number of hydrogen-bond donors (Lipinski definition) is 1. The summed E-state index contributed by atoms with van der Waals surface area (Å²) in [6.07, 6.45) is -0.491. The Morgan fingerprint density at radius 3 is 2.68 bits per heavy atom. The Labute approximate surface area is 172 Å². The van der Waals surface area contributed by atoms with Crippen molar-refractivity contribution in [3.63, 3.8) is 0 Å². The smallest absolute Gasteiger partial charge is 0.0900 e. The average Bonchev–Trinajstić information content (AvgIpc) is 3.12. The van der Waals surface area contributed by atoms with Gasteiger partial charge in [-0.25, -0.2) is 0 Å². The summed E-state index contributed by atoms with van der Waals surface area (Å²) in [4.78, 5) is 7.46. The molecule has 1 saturated heterocycles. The van der Waals surface area contributed by atoms with E-state index < -0.39 is 6.10 Å². The number of aryl methyl sites for hydroxylation is 1. The van der Waals surface area contributed by atoms with E-state index in [0.29, 0.717) is 19.8 Å². The average molecular weight is 405 g/mol. The maximum Gasteiger partial charge on any atom is 0.0900 e. The molecule has 1 aromatic carbocycles. The number of hydrogen-bond acceptors (Lipinski definition) is 6. The van der Waals surface area contributed by atoms with Crippen LogP contribution in [0.15, 0.2) is 42.5 Å². The van der Waals surface area contributed by atoms with Crippen molar-refractivity contribution in [1.82, 2.24) is 9.80 Å². The van der Waals surface area contributed by atoms with Crippen molar-refractivity contribution < 1.29 is 14.6 Å². The molecule has 0 aliphatic carbocycles. The van der Waals surface area contributed by atoms with Gasteiger partial charge < -0.3 is 14.6 Å². The second-order valence-electron chi connectivity index (χ2n) is 7.36. The monoisotopic (exact) mass is 404 g/mol. The van der Waals surface area contributed by atoms with Gasteiger partial charge in [0, 0.05) is 49.0 Å². The number of morpholine rings is 1. The minimum atomic E-state index is -0.491. The number of aliphatic hydroxyl groups is 1. The van der Waals surface area contributed by atoms with Crippen molar-refractivity contribution in [2.75, 3.05) is 52.5 Å². The van der Waals surface area contributed by atoms with E-state index in [2.05, 4.69) is 28.9 Å². The molecule has 28 heavy (non-hydrogen) atoms. The Balaban J connectivity index is 1.46. The van der Waals surface area contributed by atoms with Crippen LogP contribution in [0.25, 0.3) is 0 Å². The van der Waals surface area contributed by atoms with Crippen LogP contribution in [0, 0.1) is 6.92 Å². The fourth-order valence-electron chi connectivity index (χ4n) is 3.37. The van der Waals surface area contributed by atoms with E-state index in [9.17, 15) is 5.11 Å². The lowest BCUT2D eigenvalue weighted by Gasteiger charge is -2.30. The van der Waals surface area contributed by atoms with E-state index in [-0.39, 0.29) is 0 Å². The molecule has 0 amide bonds. The summed E-state index contributed by atoms with van der Waals surface area (Å²) >= 11 is 1.83. The molecule has 1 aliphatic rings. The molecule has 0 bridgehead atoms. The highest BCUT2D eigenvalue weighted by Crippen LogP contribution is 2.17. The lowest BCUT2D eigenvalue weighted by molar-refractivity contribution is 0.00227. The molecule has 0 saturated carbocycles. The summed E-state index contributed by atoms with van der Waals surface area (Å²) in [6, 6.07) is 14.5. The molecule has 1 N–H and O–H groups in total. The first-order valence-corrected chi connectivity index (χ1v) is 10.9. The zero-order valence-corrected chi connectivity index (χ0v) is 17.6. The number of aliphatic hydroxyl groups excluding tert-OH is 1. The van der Waals surface area contributed by atoms with E-state index in [1.807, 2.05) is 41.7 Å². The first kappa shape index (κ1) is 21.4. The molecule has 154 valence electrons. The van der Waals surface area contributed by atoms with E-state index in [0.717, 1.165) is 51.5 Å². The third kappa shape index (κ3) is 7.62. The third-order valence-corrected chi connectivity index (χ3v) is 5.89. The SMILES string of the molecule is Cc1ccc(CN(CCN2CCOCC2)C[C@@H](O)COCc2ccccc2)s1. The molecule has 1 aromatic heterocycles. The van der Waals surface area contributed by atoms with Gasteiger partial charge in [-0.2, -0.15) is 0 Å². The number of ether oxygens (including phenoxy) is 2. The van der Waals surface area contributed by atoms with Gasteiger partial charge in [0.15, 0.2) is 0 Å². The highest BCUT2D eigenvalue weighted by atomic mass is 32.1. The van der Waals surface area contributed by atoms with Gasteiger partial charge in [0.2, 0.25) is 0 Å². The van der Waals surface area contributed by atoms with E-state index in [4.69, 9.17) is 9.47 Å². The number of thiophene rings is 1. The summed E-state index contributed by atoms with van der Waals surface area (Å²) in [5.41, 5.74) is 1.13. The number of rotatable bonds is 11. The summed E-state index contributed by atoms with van der Waals surface area (Å²) in [5, 5.41) is 10.5. The topological polar surface area (TPSA) is 45.2 Å². The van der Waals surface area contributed by atoms with Crippen molar-refractivity contribution in [3.8, 4) is 0 Å². The molecule has 0 unspecified atom stereocenters. The third-order valence-electron chi connectivity index (χ3n) is 4.90. The maximum absolute atomic E-state index is 10.5. The van der Waals surface area contributed by atoms with E-state index in [1.165, 1.54) is 9.75 Å². The fraction of sp³-hybridized carbons (Fsp3) is 0.545.